The molecule has 0 N–H and O–H groups in total. The molecule has 1 aromatic carbocycles. The highest BCUT2D eigenvalue weighted by Crippen LogP contribution is 2.18. The fourth-order valence-electron chi connectivity index (χ4n) is 2.78. The Balaban J connectivity index is 2.10. The zero-order valence-electron chi connectivity index (χ0n) is 12.2. The van der Waals surface area contributed by atoms with E-state index in [9.17, 15) is 9.59 Å². The number of hydrogen-bond acceptors (Lipinski definition) is 3. The predicted molar refractivity (Wildman–Crippen MR) is 82.9 cm³/mol. The Morgan fingerprint density at radius 1 is 1.05 bits per heavy atom. The Bertz CT molecular complexity index is 740. The summed E-state index contributed by atoms with van der Waals surface area (Å²) in [5.74, 6) is 0.740. The monoisotopic (exact) mass is 285 g/mol. The van der Waals surface area contributed by atoms with Gasteiger partial charge in [0.05, 0.1) is 6.54 Å². The molecule has 2 heterocycles. The topological polar surface area (TPSA) is 47.2 Å². The van der Waals surface area contributed by atoms with E-state index >= 15 is 0 Å². The van der Waals surface area contributed by atoms with Gasteiger partial charge in [-0.25, -0.2) is 4.79 Å². The fraction of sp³-hybridized carbons (Fsp3) is 0.375. The van der Waals surface area contributed by atoms with Crippen LogP contribution in [0.1, 0.15) is 18.4 Å². The van der Waals surface area contributed by atoms with Crippen molar-refractivity contribution in [3.63, 3.8) is 0 Å². The Hall–Kier alpha value is -2.30. The third-order valence-corrected chi connectivity index (χ3v) is 3.99. The molecule has 0 amide bonds. The lowest BCUT2D eigenvalue weighted by Gasteiger charge is -2.22. The van der Waals surface area contributed by atoms with Crippen molar-refractivity contribution in [3.8, 4) is 0 Å². The SMILES string of the molecule is Cn1c(=O)cc(N2CCCC2)n(Cc2ccccc2)c1=O. The summed E-state index contributed by atoms with van der Waals surface area (Å²) < 4.78 is 2.87. The lowest BCUT2D eigenvalue weighted by molar-refractivity contribution is 0.635. The Morgan fingerprint density at radius 3 is 2.38 bits per heavy atom. The van der Waals surface area contributed by atoms with Crippen LogP contribution in [0.4, 0.5) is 5.82 Å². The summed E-state index contributed by atoms with van der Waals surface area (Å²) in [5.41, 5.74) is 0.554. The summed E-state index contributed by atoms with van der Waals surface area (Å²) in [4.78, 5) is 26.5. The first-order chi connectivity index (χ1) is 10.2. The molecule has 0 bridgehead atoms. The molecule has 21 heavy (non-hydrogen) atoms. The van der Waals surface area contributed by atoms with Gasteiger partial charge in [-0.3, -0.25) is 13.9 Å². The Morgan fingerprint density at radius 2 is 1.71 bits per heavy atom. The minimum Gasteiger partial charge on any atom is -0.358 e. The average molecular weight is 285 g/mol. The number of anilines is 1. The van der Waals surface area contributed by atoms with Crippen LogP contribution in [0.2, 0.25) is 0 Å². The Labute approximate surface area is 123 Å². The molecule has 2 aromatic rings. The van der Waals surface area contributed by atoms with E-state index in [0.717, 1.165) is 37.3 Å². The van der Waals surface area contributed by atoms with Crippen LogP contribution >= 0.6 is 0 Å². The maximum absolute atomic E-state index is 12.5. The summed E-state index contributed by atoms with van der Waals surface area (Å²) in [5, 5.41) is 0. The number of aromatic nitrogens is 2. The van der Waals surface area contributed by atoms with E-state index in [1.807, 2.05) is 30.3 Å². The second-order valence-corrected chi connectivity index (χ2v) is 5.45. The van der Waals surface area contributed by atoms with Crippen LogP contribution in [0.15, 0.2) is 46.0 Å². The van der Waals surface area contributed by atoms with Crippen molar-refractivity contribution in [1.29, 1.82) is 0 Å². The quantitative estimate of drug-likeness (QED) is 0.851. The van der Waals surface area contributed by atoms with E-state index in [-0.39, 0.29) is 11.2 Å². The molecule has 1 aliphatic rings. The first-order valence-electron chi connectivity index (χ1n) is 7.26. The van der Waals surface area contributed by atoms with Crippen LogP contribution < -0.4 is 16.1 Å². The predicted octanol–water partition coefficient (Wildman–Crippen LogP) is 1.20. The summed E-state index contributed by atoms with van der Waals surface area (Å²) in [6.45, 7) is 2.29. The minimum absolute atomic E-state index is 0.244. The molecular weight excluding hydrogens is 266 g/mol. The molecule has 0 atom stereocenters. The van der Waals surface area contributed by atoms with Crippen molar-refractivity contribution in [2.45, 2.75) is 19.4 Å². The summed E-state index contributed by atoms with van der Waals surface area (Å²) in [7, 11) is 1.53. The van der Waals surface area contributed by atoms with Crippen molar-refractivity contribution in [1.82, 2.24) is 9.13 Å². The van der Waals surface area contributed by atoms with Gasteiger partial charge in [-0.1, -0.05) is 30.3 Å². The summed E-state index contributed by atoms with van der Waals surface area (Å²) in [6.07, 6.45) is 2.21. The number of rotatable bonds is 3. The molecule has 1 aromatic heterocycles. The number of hydrogen-bond donors (Lipinski definition) is 0. The highest BCUT2D eigenvalue weighted by Gasteiger charge is 2.18. The lowest BCUT2D eigenvalue weighted by atomic mass is 10.2. The van der Waals surface area contributed by atoms with Gasteiger partial charge in [0.2, 0.25) is 0 Å². The molecular formula is C16H19N3O2. The second-order valence-electron chi connectivity index (χ2n) is 5.45. The van der Waals surface area contributed by atoms with Crippen LogP contribution in [0, 0.1) is 0 Å². The molecule has 0 aliphatic carbocycles. The van der Waals surface area contributed by atoms with Gasteiger partial charge in [0.25, 0.3) is 5.56 Å². The van der Waals surface area contributed by atoms with Crippen molar-refractivity contribution < 1.29 is 0 Å². The van der Waals surface area contributed by atoms with Crippen LogP contribution in [-0.4, -0.2) is 22.2 Å². The van der Waals surface area contributed by atoms with Crippen molar-refractivity contribution in [3.05, 3.63) is 62.8 Å². The van der Waals surface area contributed by atoms with Crippen LogP contribution in [0.5, 0.6) is 0 Å². The third-order valence-electron chi connectivity index (χ3n) is 3.99. The maximum Gasteiger partial charge on any atom is 0.332 e. The van der Waals surface area contributed by atoms with Gasteiger partial charge in [-0.2, -0.15) is 0 Å². The van der Waals surface area contributed by atoms with Gasteiger partial charge in [0.1, 0.15) is 5.82 Å². The van der Waals surface area contributed by atoms with E-state index in [1.54, 1.807) is 10.6 Å². The smallest absolute Gasteiger partial charge is 0.332 e. The molecule has 0 radical (unpaired) electrons. The fourth-order valence-corrected chi connectivity index (χ4v) is 2.78. The molecule has 0 unspecified atom stereocenters. The van der Waals surface area contributed by atoms with Crippen LogP contribution in [-0.2, 0) is 13.6 Å². The molecule has 1 fully saturated rings. The van der Waals surface area contributed by atoms with Gasteiger partial charge in [0.15, 0.2) is 0 Å². The van der Waals surface area contributed by atoms with Gasteiger partial charge >= 0.3 is 5.69 Å². The van der Waals surface area contributed by atoms with Crippen molar-refractivity contribution in [2.24, 2.45) is 7.05 Å². The zero-order valence-corrected chi connectivity index (χ0v) is 12.2. The average Bonchev–Trinajstić information content (AvgIpc) is 3.03. The standard InChI is InChI=1S/C16H19N3O2/c1-17-15(20)11-14(18-9-5-6-10-18)19(16(17)21)12-13-7-3-2-4-8-13/h2-4,7-8,11H,5-6,9-10,12H2,1H3. The first kappa shape index (κ1) is 13.7. The molecule has 1 saturated heterocycles. The van der Waals surface area contributed by atoms with E-state index in [0.29, 0.717) is 6.54 Å². The van der Waals surface area contributed by atoms with E-state index < -0.39 is 0 Å². The van der Waals surface area contributed by atoms with Crippen LogP contribution in [0.25, 0.3) is 0 Å². The summed E-state index contributed by atoms with van der Waals surface area (Å²) >= 11 is 0. The highest BCUT2D eigenvalue weighted by molar-refractivity contribution is 5.40. The third kappa shape index (κ3) is 2.63. The van der Waals surface area contributed by atoms with Gasteiger partial charge < -0.3 is 4.90 Å². The number of benzene rings is 1. The summed E-state index contributed by atoms with van der Waals surface area (Å²) in [6, 6.07) is 11.4. The lowest BCUT2D eigenvalue weighted by Crippen LogP contribution is -2.41. The van der Waals surface area contributed by atoms with Crippen molar-refractivity contribution in [2.75, 3.05) is 18.0 Å². The molecule has 5 heteroatoms. The van der Waals surface area contributed by atoms with Crippen LogP contribution in [0.3, 0.4) is 0 Å². The molecule has 1 aliphatic heterocycles. The second kappa shape index (κ2) is 5.60. The normalized spacial score (nSPS) is 14.6. The van der Waals surface area contributed by atoms with Crippen molar-refractivity contribution >= 4 is 5.82 Å². The molecule has 3 rings (SSSR count). The van der Waals surface area contributed by atoms with Gasteiger partial charge in [-0.15, -0.1) is 0 Å². The molecule has 0 saturated carbocycles. The van der Waals surface area contributed by atoms with Gasteiger partial charge in [-0.05, 0) is 18.4 Å². The zero-order chi connectivity index (χ0) is 14.8. The maximum atomic E-state index is 12.5. The molecule has 0 spiro atoms. The first-order valence-corrected chi connectivity index (χ1v) is 7.26. The van der Waals surface area contributed by atoms with E-state index in [4.69, 9.17) is 0 Å². The minimum atomic E-state index is -0.256. The molecule has 110 valence electrons. The van der Waals surface area contributed by atoms with E-state index in [1.165, 1.54) is 11.6 Å². The largest absolute Gasteiger partial charge is 0.358 e. The number of nitrogens with zero attached hydrogens (tertiary/aromatic N) is 3. The Kier molecular flexibility index (Phi) is 3.64. The highest BCUT2D eigenvalue weighted by atomic mass is 16.2. The van der Waals surface area contributed by atoms with Gasteiger partial charge in [0, 0.05) is 26.2 Å². The molecule has 5 nitrogen and oxygen atoms in total. The van der Waals surface area contributed by atoms with E-state index in [2.05, 4.69) is 4.90 Å².